The van der Waals surface area contributed by atoms with E-state index < -0.39 is 0 Å². The summed E-state index contributed by atoms with van der Waals surface area (Å²) in [6.45, 7) is 0.115. The molecule has 0 amide bonds. The van der Waals surface area contributed by atoms with Gasteiger partial charge in [0.15, 0.2) is 0 Å². The number of aromatic nitrogens is 1. The highest BCUT2D eigenvalue weighted by Gasteiger charge is 2.17. The van der Waals surface area contributed by atoms with Crippen LogP contribution in [0.15, 0.2) is 28.9 Å². The Kier molecular flexibility index (Phi) is 3.35. The van der Waals surface area contributed by atoms with Gasteiger partial charge in [-0.3, -0.25) is 15.3 Å². The summed E-state index contributed by atoms with van der Waals surface area (Å²) >= 11 is 3.32. The molecule has 1 aromatic rings. The van der Waals surface area contributed by atoms with Crippen LogP contribution in [0.5, 0.6) is 0 Å². The predicted molar refractivity (Wildman–Crippen MR) is 59.6 cm³/mol. The lowest BCUT2D eigenvalue weighted by molar-refractivity contribution is 0.0368. The maximum atomic E-state index is 8.76. The normalized spacial score (nSPS) is 19.9. The maximum absolute atomic E-state index is 8.76. The van der Waals surface area contributed by atoms with Crippen molar-refractivity contribution in [1.82, 2.24) is 10.5 Å². The molecule has 5 heteroatoms. The smallest absolute Gasteiger partial charge is 0.108 e. The first kappa shape index (κ1) is 10.6. The van der Waals surface area contributed by atoms with Crippen LogP contribution >= 0.6 is 15.9 Å². The van der Waals surface area contributed by atoms with Crippen molar-refractivity contribution in [2.75, 3.05) is 6.61 Å². The molecular weight excluding hydrogens is 260 g/mol. The van der Waals surface area contributed by atoms with Gasteiger partial charge in [-0.2, -0.15) is 0 Å². The molecule has 0 aromatic carbocycles. The standard InChI is InChI=1S/C10H11BrN2O2/c11-7-1-2-9(12-6-7)10-5-8(3-4-14)15-13-10/h1-2,5-6,8,13-14H,3-4H2. The molecule has 80 valence electrons. The molecule has 1 unspecified atom stereocenters. The number of rotatable bonds is 3. The van der Waals surface area contributed by atoms with Crippen molar-refractivity contribution in [2.24, 2.45) is 0 Å². The first-order valence-corrected chi connectivity index (χ1v) is 5.45. The van der Waals surface area contributed by atoms with Crippen LogP contribution in [-0.4, -0.2) is 22.8 Å². The van der Waals surface area contributed by atoms with Crippen LogP contribution in [0.4, 0.5) is 0 Å². The van der Waals surface area contributed by atoms with E-state index in [4.69, 9.17) is 9.94 Å². The predicted octanol–water partition coefficient (Wildman–Crippen LogP) is 1.47. The Morgan fingerprint density at radius 2 is 2.40 bits per heavy atom. The molecule has 2 heterocycles. The Bertz CT molecular complexity index is 364. The summed E-state index contributed by atoms with van der Waals surface area (Å²) in [5, 5.41) is 8.76. The minimum Gasteiger partial charge on any atom is -0.396 e. The third-order valence-corrected chi connectivity index (χ3v) is 2.56. The Hall–Kier alpha value is -0.910. The summed E-state index contributed by atoms with van der Waals surface area (Å²) < 4.78 is 0.942. The third kappa shape index (κ3) is 2.56. The van der Waals surface area contributed by atoms with Crippen molar-refractivity contribution in [3.05, 3.63) is 34.6 Å². The van der Waals surface area contributed by atoms with Crippen molar-refractivity contribution in [3.63, 3.8) is 0 Å². The fourth-order valence-corrected chi connectivity index (χ4v) is 1.57. The van der Waals surface area contributed by atoms with Crippen molar-refractivity contribution < 1.29 is 9.94 Å². The summed E-state index contributed by atoms with van der Waals surface area (Å²) in [5.41, 5.74) is 4.48. The van der Waals surface area contributed by atoms with Gasteiger partial charge >= 0.3 is 0 Å². The molecule has 2 N–H and O–H groups in total. The molecule has 0 spiro atoms. The number of hydrogen-bond acceptors (Lipinski definition) is 4. The Balaban J connectivity index is 2.12. The molecule has 1 aliphatic heterocycles. The topological polar surface area (TPSA) is 54.4 Å². The monoisotopic (exact) mass is 270 g/mol. The van der Waals surface area contributed by atoms with Crippen LogP contribution in [0.25, 0.3) is 5.70 Å². The third-order valence-electron chi connectivity index (χ3n) is 2.09. The van der Waals surface area contributed by atoms with E-state index in [2.05, 4.69) is 26.4 Å². The zero-order valence-electron chi connectivity index (χ0n) is 7.98. The van der Waals surface area contributed by atoms with Crippen molar-refractivity contribution >= 4 is 21.6 Å². The average Bonchev–Trinajstić information content (AvgIpc) is 2.68. The molecular formula is C10H11BrN2O2. The van der Waals surface area contributed by atoms with Gasteiger partial charge in [-0.15, -0.1) is 0 Å². The number of hydrogen-bond donors (Lipinski definition) is 2. The molecule has 0 saturated carbocycles. The Labute approximate surface area is 96.1 Å². The molecule has 4 nitrogen and oxygen atoms in total. The van der Waals surface area contributed by atoms with Crippen LogP contribution in [0.1, 0.15) is 12.1 Å². The van der Waals surface area contributed by atoms with Crippen LogP contribution < -0.4 is 5.48 Å². The number of nitrogens with zero attached hydrogens (tertiary/aromatic N) is 1. The molecule has 15 heavy (non-hydrogen) atoms. The van der Waals surface area contributed by atoms with Gasteiger partial charge in [0, 0.05) is 23.7 Å². The highest BCUT2D eigenvalue weighted by molar-refractivity contribution is 9.10. The van der Waals surface area contributed by atoms with Gasteiger partial charge < -0.3 is 5.11 Å². The number of aliphatic hydroxyl groups excluding tert-OH is 1. The Morgan fingerprint density at radius 1 is 1.53 bits per heavy atom. The summed E-state index contributed by atoms with van der Waals surface area (Å²) in [7, 11) is 0. The van der Waals surface area contributed by atoms with E-state index in [0.29, 0.717) is 6.42 Å². The summed E-state index contributed by atoms with van der Waals surface area (Å²) in [6.07, 6.45) is 4.17. The van der Waals surface area contributed by atoms with Crippen LogP contribution in [0, 0.1) is 0 Å². The first-order valence-electron chi connectivity index (χ1n) is 4.66. The summed E-state index contributed by atoms with van der Waals surface area (Å²) in [4.78, 5) is 9.47. The quantitative estimate of drug-likeness (QED) is 0.874. The fourth-order valence-electron chi connectivity index (χ4n) is 1.34. The molecule has 2 rings (SSSR count). The summed E-state index contributed by atoms with van der Waals surface area (Å²) in [6, 6.07) is 3.82. The minimum atomic E-state index is -0.0737. The van der Waals surface area contributed by atoms with Gasteiger partial charge in [0.05, 0.1) is 11.4 Å². The lowest BCUT2D eigenvalue weighted by atomic mass is 10.2. The van der Waals surface area contributed by atoms with Crippen molar-refractivity contribution in [2.45, 2.75) is 12.5 Å². The number of aliphatic hydroxyl groups is 1. The largest absolute Gasteiger partial charge is 0.396 e. The van der Waals surface area contributed by atoms with Crippen LogP contribution in [-0.2, 0) is 4.84 Å². The molecule has 1 aliphatic rings. The minimum absolute atomic E-state index is 0.0737. The van der Waals surface area contributed by atoms with E-state index >= 15 is 0 Å². The second kappa shape index (κ2) is 4.74. The average molecular weight is 271 g/mol. The lowest BCUT2D eigenvalue weighted by Crippen LogP contribution is -2.13. The van der Waals surface area contributed by atoms with E-state index in [9.17, 15) is 0 Å². The second-order valence-corrected chi connectivity index (χ2v) is 4.13. The lowest BCUT2D eigenvalue weighted by Gasteiger charge is -2.04. The first-order chi connectivity index (χ1) is 7.29. The van der Waals surface area contributed by atoms with Gasteiger partial charge in [-0.25, -0.2) is 0 Å². The van der Waals surface area contributed by atoms with E-state index in [1.807, 2.05) is 18.2 Å². The molecule has 0 radical (unpaired) electrons. The van der Waals surface area contributed by atoms with Crippen LogP contribution in [0.2, 0.25) is 0 Å². The number of hydroxylamine groups is 1. The SMILES string of the molecule is OCCC1C=C(c2ccc(Br)cn2)NO1. The maximum Gasteiger partial charge on any atom is 0.108 e. The molecule has 1 aromatic heterocycles. The zero-order valence-corrected chi connectivity index (χ0v) is 9.57. The van der Waals surface area contributed by atoms with Crippen molar-refractivity contribution in [1.29, 1.82) is 0 Å². The van der Waals surface area contributed by atoms with Gasteiger partial charge in [0.2, 0.25) is 0 Å². The van der Waals surface area contributed by atoms with Crippen molar-refractivity contribution in [3.8, 4) is 0 Å². The van der Waals surface area contributed by atoms with Gasteiger partial charge in [-0.05, 0) is 34.1 Å². The van der Waals surface area contributed by atoms with Gasteiger partial charge in [-0.1, -0.05) is 0 Å². The zero-order chi connectivity index (χ0) is 10.7. The van der Waals surface area contributed by atoms with Crippen LogP contribution in [0.3, 0.4) is 0 Å². The molecule has 0 fully saturated rings. The van der Waals surface area contributed by atoms with E-state index in [1.54, 1.807) is 6.20 Å². The molecule has 1 atom stereocenters. The van der Waals surface area contributed by atoms with E-state index in [1.165, 1.54) is 0 Å². The van der Waals surface area contributed by atoms with E-state index in [0.717, 1.165) is 15.9 Å². The highest BCUT2D eigenvalue weighted by Crippen LogP contribution is 2.19. The van der Waals surface area contributed by atoms with E-state index in [-0.39, 0.29) is 12.7 Å². The molecule has 0 aliphatic carbocycles. The number of nitrogens with one attached hydrogen (secondary N) is 1. The highest BCUT2D eigenvalue weighted by atomic mass is 79.9. The number of pyridine rings is 1. The number of halogens is 1. The molecule has 0 saturated heterocycles. The Morgan fingerprint density at radius 3 is 3.07 bits per heavy atom. The van der Waals surface area contributed by atoms with Gasteiger partial charge in [0.25, 0.3) is 0 Å². The van der Waals surface area contributed by atoms with Gasteiger partial charge in [0.1, 0.15) is 6.10 Å². The molecule has 0 bridgehead atoms. The summed E-state index contributed by atoms with van der Waals surface area (Å²) in [5.74, 6) is 0. The second-order valence-electron chi connectivity index (χ2n) is 3.21. The fraction of sp³-hybridized carbons (Fsp3) is 0.300.